The van der Waals surface area contributed by atoms with Crippen molar-refractivity contribution in [2.45, 2.75) is 19.3 Å². The number of nitrogens with one attached hydrogen (secondary N) is 1. The summed E-state index contributed by atoms with van der Waals surface area (Å²) in [5, 5.41) is 5.27. The monoisotopic (exact) mass is 239 g/mol. The highest BCUT2D eigenvalue weighted by atomic mass is 16.5. The molecule has 1 aliphatic rings. The van der Waals surface area contributed by atoms with Crippen LogP contribution in [0.25, 0.3) is 22.3 Å². The van der Waals surface area contributed by atoms with Crippen molar-refractivity contribution in [2.24, 2.45) is 5.92 Å². The number of H-pyrrole nitrogens is 1. The maximum absolute atomic E-state index is 5.34. The summed E-state index contributed by atoms with van der Waals surface area (Å²) in [6, 6.07) is 8.20. The van der Waals surface area contributed by atoms with Crippen LogP contribution >= 0.6 is 0 Å². The average Bonchev–Trinajstić information content (AvgIpc) is 2.88. The van der Waals surface area contributed by atoms with Gasteiger partial charge in [0, 0.05) is 23.2 Å². The summed E-state index contributed by atoms with van der Waals surface area (Å²) in [5.41, 5.74) is 2.09. The van der Waals surface area contributed by atoms with Crippen LogP contribution in [0.5, 0.6) is 0 Å². The van der Waals surface area contributed by atoms with Gasteiger partial charge >= 0.3 is 0 Å². The van der Waals surface area contributed by atoms with Gasteiger partial charge < -0.3 is 9.51 Å². The summed E-state index contributed by atoms with van der Waals surface area (Å²) in [7, 11) is 0. The van der Waals surface area contributed by atoms with E-state index in [1.165, 1.54) is 5.39 Å². The molecule has 2 atom stereocenters. The fourth-order valence-electron chi connectivity index (χ4n) is 2.36. The molecule has 0 amide bonds. The Kier molecular flexibility index (Phi) is 1.89. The van der Waals surface area contributed by atoms with Gasteiger partial charge in [-0.05, 0) is 29.9 Å². The molecule has 0 unspecified atom stereocenters. The lowest BCUT2D eigenvalue weighted by molar-refractivity contribution is 0.377. The van der Waals surface area contributed by atoms with Gasteiger partial charge in [-0.1, -0.05) is 24.2 Å². The Balaban J connectivity index is 1.74. The zero-order valence-corrected chi connectivity index (χ0v) is 10.1. The predicted molar refractivity (Wildman–Crippen MR) is 68.1 cm³/mol. The molecule has 4 heteroatoms. The second-order valence-electron chi connectivity index (χ2n) is 5.06. The highest BCUT2D eigenvalue weighted by Gasteiger charge is 2.38. The van der Waals surface area contributed by atoms with Crippen molar-refractivity contribution in [3.63, 3.8) is 0 Å². The van der Waals surface area contributed by atoms with Crippen LogP contribution in [0.1, 0.15) is 25.2 Å². The molecule has 18 heavy (non-hydrogen) atoms. The quantitative estimate of drug-likeness (QED) is 0.746. The third kappa shape index (κ3) is 1.45. The number of benzene rings is 1. The SMILES string of the molecule is C[C@@H]1C[C@H]1c1nc(-c2ccc3cc[nH]c3c2)no1. The van der Waals surface area contributed by atoms with E-state index in [0.29, 0.717) is 17.7 Å². The first-order chi connectivity index (χ1) is 8.81. The lowest BCUT2D eigenvalue weighted by atomic mass is 10.1. The molecule has 2 aromatic heterocycles. The second-order valence-corrected chi connectivity index (χ2v) is 5.06. The first-order valence-corrected chi connectivity index (χ1v) is 6.22. The van der Waals surface area contributed by atoms with Crippen LogP contribution in [0.2, 0.25) is 0 Å². The fourth-order valence-corrected chi connectivity index (χ4v) is 2.36. The molecule has 0 radical (unpaired) electrons. The largest absolute Gasteiger partial charge is 0.361 e. The maximum Gasteiger partial charge on any atom is 0.230 e. The van der Waals surface area contributed by atoms with Gasteiger partial charge in [0.05, 0.1) is 0 Å². The van der Waals surface area contributed by atoms with Crippen molar-refractivity contribution >= 4 is 10.9 Å². The minimum Gasteiger partial charge on any atom is -0.361 e. The van der Waals surface area contributed by atoms with Crippen molar-refractivity contribution in [2.75, 3.05) is 0 Å². The Hall–Kier alpha value is -2.10. The number of hydrogen-bond donors (Lipinski definition) is 1. The summed E-state index contributed by atoms with van der Waals surface area (Å²) >= 11 is 0. The molecule has 2 heterocycles. The van der Waals surface area contributed by atoms with Crippen molar-refractivity contribution in [1.29, 1.82) is 0 Å². The number of rotatable bonds is 2. The molecule has 0 bridgehead atoms. The Morgan fingerprint density at radius 1 is 1.33 bits per heavy atom. The van der Waals surface area contributed by atoms with Gasteiger partial charge in [-0.2, -0.15) is 4.98 Å². The van der Waals surface area contributed by atoms with Crippen LogP contribution in [0, 0.1) is 5.92 Å². The second kappa shape index (κ2) is 3.45. The summed E-state index contributed by atoms with van der Waals surface area (Å²) in [4.78, 5) is 7.68. The molecule has 90 valence electrons. The summed E-state index contributed by atoms with van der Waals surface area (Å²) in [5.74, 6) is 2.62. The van der Waals surface area contributed by atoms with Crippen molar-refractivity contribution in [1.82, 2.24) is 15.1 Å². The van der Waals surface area contributed by atoms with Gasteiger partial charge in [0.15, 0.2) is 0 Å². The van der Waals surface area contributed by atoms with Crippen LogP contribution < -0.4 is 0 Å². The van der Waals surface area contributed by atoms with Crippen LogP contribution in [-0.4, -0.2) is 15.1 Å². The van der Waals surface area contributed by atoms with Gasteiger partial charge in [0.2, 0.25) is 11.7 Å². The fraction of sp³-hybridized carbons (Fsp3) is 0.286. The van der Waals surface area contributed by atoms with E-state index in [0.717, 1.165) is 23.4 Å². The van der Waals surface area contributed by atoms with Crippen molar-refractivity contribution in [3.8, 4) is 11.4 Å². The van der Waals surface area contributed by atoms with E-state index in [1.807, 2.05) is 18.3 Å². The van der Waals surface area contributed by atoms with Gasteiger partial charge in [-0.3, -0.25) is 0 Å². The minimum absolute atomic E-state index is 0.473. The molecule has 1 N–H and O–H groups in total. The Labute approximate surface area is 104 Å². The summed E-state index contributed by atoms with van der Waals surface area (Å²) in [6.45, 7) is 2.21. The molecule has 1 saturated carbocycles. The van der Waals surface area contributed by atoms with E-state index in [9.17, 15) is 0 Å². The van der Waals surface area contributed by atoms with Crippen LogP contribution in [-0.2, 0) is 0 Å². The zero-order valence-electron chi connectivity index (χ0n) is 10.1. The first kappa shape index (κ1) is 9.88. The van der Waals surface area contributed by atoms with Crippen LogP contribution in [0.15, 0.2) is 35.0 Å². The average molecular weight is 239 g/mol. The van der Waals surface area contributed by atoms with E-state index in [-0.39, 0.29) is 0 Å². The normalized spacial score (nSPS) is 22.5. The topological polar surface area (TPSA) is 54.7 Å². The van der Waals surface area contributed by atoms with E-state index >= 15 is 0 Å². The standard InChI is InChI=1S/C14H13N3O/c1-8-6-11(8)14-16-13(17-18-14)10-3-2-9-4-5-15-12(9)7-10/h2-5,7-8,11,15H,6H2,1H3/t8-,11-/m1/s1. The molecule has 1 aliphatic carbocycles. The van der Waals surface area contributed by atoms with Crippen LogP contribution in [0.4, 0.5) is 0 Å². The Bertz CT molecular complexity index is 712. The number of aromatic amines is 1. The number of hydrogen-bond acceptors (Lipinski definition) is 3. The zero-order chi connectivity index (χ0) is 12.1. The van der Waals surface area contributed by atoms with Gasteiger partial charge in [0.1, 0.15) is 0 Å². The first-order valence-electron chi connectivity index (χ1n) is 6.22. The molecule has 4 nitrogen and oxygen atoms in total. The number of aromatic nitrogens is 3. The number of nitrogens with zero attached hydrogens (tertiary/aromatic N) is 2. The molecular formula is C14H13N3O. The van der Waals surface area contributed by atoms with Gasteiger partial charge in [-0.15, -0.1) is 0 Å². The smallest absolute Gasteiger partial charge is 0.230 e. The molecule has 1 fully saturated rings. The molecule has 1 aromatic carbocycles. The molecule has 3 aromatic rings. The predicted octanol–water partition coefficient (Wildman–Crippen LogP) is 3.34. The van der Waals surface area contributed by atoms with Gasteiger partial charge in [0.25, 0.3) is 0 Å². The summed E-state index contributed by atoms with van der Waals surface area (Å²) in [6.07, 6.45) is 3.10. The van der Waals surface area contributed by atoms with E-state index in [2.05, 4.69) is 34.2 Å². The molecule has 0 saturated heterocycles. The molecule has 4 rings (SSSR count). The summed E-state index contributed by atoms with van der Waals surface area (Å²) < 4.78 is 5.34. The minimum atomic E-state index is 0.473. The van der Waals surface area contributed by atoms with Crippen molar-refractivity contribution < 1.29 is 4.52 Å². The maximum atomic E-state index is 5.34. The third-order valence-corrected chi connectivity index (χ3v) is 3.68. The van der Waals surface area contributed by atoms with E-state index in [4.69, 9.17) is 4.52 Å². The third-order valence-electron chi connectivity index (χ3n) is 3.68. The van der Waals surface area contributed by atoms with Gasteiger partial charge in [-0.25, -0.2) is 0 Å². The van der Waals surface area contributed by atoms with Crippen LogP contribution in [0.3, 0.4) is 0 Å². The van der Waals surface area contributed by atoms with Crippen molar-refractivity contribution in [3.05, 3.63) is 36.4 Å². The Morgan fingerprint density at radius 3 is 3.06 bits per heavy atom. The molecule has 0 aliphatic heterocycles. The highest BCUT2D eigenvalue weighted by molar-refractivity contribution is 5.83. The lowest BCUT2D eigenvalue weighted by Crippen LogP contribution is -1.83. The number of fused-ring (bicyclic) bond motifs is 1. The lowest BCUT2D eigenvalue weighted by Gasteiger charge is -1.94. The molecule has 0 spiro atoms. The van der Waals surface area contributed by atoms with E-state index in [1.54, 1.807) is 0 Å². The Morgan fingerprint density at radius 2 is 2.22 bits per heavy atom. The molecular weight excluding hydrogens is 226 g/mol. The van der Waals surface area contributed by atoms with E-state index < -0.39 is 0 Å². The highest BCUT2D eigenvalue weighted by Crippen LogP contribution is 2.46.